The highest BCUT2D eigenvalue weighted by Crippen LogP contribution is 2.53. The number of alkyl halides is 2. The molecule has 4 heterocycles. The van der Waals surface area contributed by atoms with Gasteiger partial charge in [-0.15, -0.1) is 0 Å². The second-order valence-electron chi connectivity index (χ2n) is 9.38. The first-order valence-corrected chi connectivity index (χ1v) is 13.9. The molecule has 1 aliphatic heterocycles. The molecule has 1 amide bonds. The largest absolute Gasteiger partial charge is 0.434 e. The topological polar surface area (TPSA) is 76.8 Å². The smallest absolute Gasteiger partial charge is 0.387 e. The van der Waals surface area contributed by atoms with Crippen molar-refractivity contribution in [1.82, 2.24) is 19.5 Å². The number of ether oxygens (including phenoxy) is 1. The first kappa shape index (κ1) is 19.6. The van der Waals surface area contributed by atoms with Crippen LogP contribution < -0.4 is 10.2 Å². The monoisotopic (exact) mass is 511 g/mol. The van der Waals surface area contributed by atoms with E-state index in [9.17, 15) is 18.1 Å². The van der Waals surface area contributed by atoms with Gasteiger partial charge in [0.1, 0.15) is 12.9 Å². The Bertz CT molecular complexity index is 1680. The highest BCUT2D eigenvalue weighted by Gasteiger charge is 2.46. The molecule has 0 radical (unpaired) electrons. The van der Waals surface area contributed by atoms with Crippen LogP contribution in [0.5, 0.6) is 5.75 Å². The SMILES string of the molecule is [2H]C([2H])([2H])N1C(=O)c2cccc(OC(F)F)c2[C@H]2C[C@@H]1c1nn3ccc(-c4ccc(P(C)(C)=O)nc4)cc3c12. The lowest BCUT2D eigenvalue weighted by Gasteiger charge is -2.23. The van der Waals surface area contributed by atoms with Gasteiger partial charge in [0.2, 0.25) is 0 Å². The number of nitrogens with zero attached hydrogens (tertiary/aromatic N) is 4. The Balaban J connectivity index is 1.57. The van der Waals surface area contributed by atoms with E-state index in [1.165, 1.54) is 18.2 Å². The van der Waals surface area contributed by atoms with Crippen molar-refractivity contribution in [2.75, 3.05) is 20.3 Å². The fraction of sp³-hybridized carbons (Fsp3) is 0.269. The number of benzene rings is 1. The number of fused-ring (bicyclic) bond motifs is 9. The molecule has 2 aliphatic rings. The Morgan fingerprint density at radius 3 is 2.69 bits per heavy atom. The van der Waals surface area contributed by atoms with Crippen molar-refractivity contribution >= 4 is 24.0 Å². The lowest BCUT2D eigenvalue weighted by molar-refractivity contribution is -0.0505. The normalized spacial score (nSPS) is 20.5. The molecule has 0 saturated carbocycles. The predicted molar refractivity (Wildman–Crippen MR) is 132 cm³/mol. The number of rotatable bonds is 4. The fourth-order valence-electron chi connectivity index (χ4n) is 5.24. The summed E-state index contributed by atoms with van der Waals surface area (Å²) in [5.41, 5.74) is 4.02. The van der Waals surface area contributed by atoms with Gasteiger partial charge in [-0.2, -0.15) is 13.9 Å². The molecule has 184 valence electrons. The van der Waals surface area contributed by atoms with Crippen LogP contribution in [0.25, 0.3) is 16.6 Å². The molecule has 1 aliphatic carbocycles. The highest BCUT2D eigenvalue weighted by atomic mass is 31.2. The molecule has 4 aromatic rings. The van der Waals surface area contributed by atoms with E-state index in [1.54, 1.807) is 36.3 Å². The van der Waals surface area contributed by atoms with Crippen LogP contribution in [0.3, 0.4) is 0 Å². The second-order valence-corrected chi connectivity index (χ2v) is 12.5. The third-order valence-corrected chi connectivity index (χ3v) is 8.22. The van der Waals surface area contributed by atoms with Crippen LogP contribution in [-0.2, 0) is 4.57 Å². The van der Waals surface area contributed by atoms with Crippen molar-refractivity contribution < 1.29 is 27.0 Å². The van der Waals surface area contributed by atoms with Crippen LogP contribution >= 0.6 is 7.14 Å². The summed E-state index contributed by atoms with van der Waals surface area (Å²) in [7, 11) is -2.53. The molecule has 0 saturated heterocycles. The number of hydrogen-bond acceptors (Lipinski definition) is 5. The van der Waals surface area contributed by atoms with Gasteiger partial charge in [0.25, 0.3) is 5.91 Å². The lowest BCUT2D eigenvalue weighted by Crippen LogP contribution is -2.30. The van der Waals surface area contributed by atoms with Gasteiger partial charge in [-0.05, 0) is 55.6 Å². The summed E-state index contributed by atoms with van der Waals surface area (Å²) in [4.78, 5) is 18.7. The molecular weight excluding hydrogens is 485 g/mol. The molecule has 6 rings (SSSR count). The first-order valence-electron chi connectivity index (χ1n) is 12.8. The van der Waals surface area contributed by atoms with Crippen molar-refractivity contribution in [2.45, 2.75) is 25.0 Å². The minimum atomic E-state index is -3.13. The third-order valence-electron chi connectivity index (χ3n) is 6.85. The molecule has 7 nitrogen and oxygen atoms in total. The zero-order valence-corrected chi connectivity index (χ0v) is 20.2. The number of hydrogen-bond donors (Lipinski definition) is 0. The van der Waals surface area contributed by atoms with Crippen LogP contribution in [0.4, 0.5) is 8.78 Å². The molecule has 10 heteroatoms. The molecule has 1 aromatic carbocycles. The molecule has 36 heavy (non-hydrogen) atoms. The number of aromatic nitrogens is 3. The number of halogens is 2. The van der Waals surface area contributed by atoms with Crippen molar-refractivity contribution in [3.63, 3.8) is 0 Å². The van der Waals surface area contributed by atoms with Crippen molar-refractivity contribution in [3.8, 4) is 16.9 Å². The summed E-state index contributed by atoms with van der Waals surface area (Å²) >= 11 is 0. The van der Waals surface area contributed by atoms with E-state index in [1.807, 2.05) is 18.2 Å². The molecule has 0 fully saturated rings. The van der Waals surface area contributed by atoms with Gasteiger partial charge < -0.3 is 14.2 Å². The van der Waals surface area contributed by atoms with Crippen LogP contribution in [0, 0.1) is 0 Å². The lowest BCUT2D eigenvalue weighted by atomic mass is 9.88. The van der Waals surface area contributed by atoms with Gasteiger partial charge in [-0.1, -0.05) is 12.1 Å². The Labute approximate surface area is 210 Å². The Kier molecular flexibility index (Phi) is 4.33. The zero-order valence-electron chi connectivity index (χ0n) is 22.4. The van der Waals surface area contributed by atoms with E-state index in [4.69, 9.17) is 8.85 Å². The summed E-state index contributed by atoms with van der Waals surface area (Å²) in [6.07, 6.45) is 3.52. The quantitative estimate of drug-likeness (QED) is 0.364. The van der Waals surface area contributed by atoms with E-state index in [0.717, 1.165) is 16.0 Å². The van der Waals surface area contributed by atoms with Gasteiger partial charge in [0.05, 0.1) is 22.7 Å². The second kappa shape index (κ2) is 7.96. The number of carbonyl (C=O) groups excluding carboxylic acids is 1. The van der Waals surface area contributed by atoms with E-state index in [2.05, 4.69) is 10.1 Å². The highest BCUT2D eigenvalue weighted by molar-refractivity contribution is 7.69. The van der Waals surface area contributed by atoms with E-state index >= 15 is 0 Å². The third kappa shape index (κ3) is 3.45. The molecule has 3 aromatic heterocycles. The standard InChI is InChI=1S/C26H23F2N4O3P/c1-31-19-12-17(22-16(25(31)33)5-4-6-20(22)35-26(27)28)23-18-11-14(9-10-32(18)30-24(19)23)15-7-8-21(29-13-15)36(2,3)34/h4-11,13,17,19,26H,12H2,1-3H3/t17-,19-/m1/s1/i1D3. The van der Waals surface area contributed by atoms with Gasteiger partial charge in [-0.25, -0.2) is 4.52 Å². The van der Waals surface area contributed by atoms with E-state index in [0.29, 0.717) is 22.2 Å². The zero-order chi connectivity index (χ0) is 27.9. The Morgan fingerprint density at radius 2 is 2.00 bits per heavy atom. The summed E-state index contributed by atoms with van der Waals surface area (Å²) in [6.45, 7) is -2.62. The minimum absolute atomic E-state index is 0.0151. The van der Waals surface area contributed by atoms with Crippen LogP contribution in [0.2, 0.25) is 0 Å². The number of amides is 1. The Morgan fingerprint density at radius 1 is 1.17 bits per heavy atom. The maximum Gasteiger partial charge on any atom is 0.387 e. The molecule has 0 unspecified atom stereocenters. The van der Waals surface area contributed by atoms with Crippen molar-refractivity contribution in [2.24, 2.45) is 0 Å². The number of pyridine rings is 2. The predicted octanol–water partition coefficient (Wildman–Crippen LogP) is 4.91. The maximum absolute atomic E-state index is 13.5. The Hall–Kier alpha value is -3.58. The van der Waals surface area contributed by atoms with Gasteiger partial charge >= 0.3 is 6.61 Å². The fourth-order valence-corrected chi connectivity index (χ4v) is 6.01. The van der Waals surface area contributed by atoms with E-state index < -0.39 is 38.6 Å². The summed E-state index contributed by atoms with van der Waals surface area (Å²) in [5, 5.41) is 4.65. The maximum atomic E-state index is 13.5. The molecule has 2 bridgehead atoms. The average molecular weight is 511 g/mol. The van der Waals surface area contributed by atoms with Crippen LogP contribution in [0.15, 0.2) is 54.9 Å². The minimum Gasteiger partial charge on any atom is -0.434 e. The molecule has 0 spiro atoms. The summed E-state index contributed by atoms with van der Waals surface area (Å²) in [5.74, 6) is -1.56. The van der Waals surface area contributed by atoms with Crippen molar-refractivity contribution in [1.29, 1.82) is 0 Å². The van der Waals surface area contributed by atoms with Gasteiger partial charge in [0, 0.05) is 51.7 Å². The van der Waals surface area contributed by atoms with Crippen LogP contribution in [0.1, 0.15) is 49.7 Å². The van der Waals surface area contributed by atoms with Crippen molar-refractivity contribution in [3.05, 3.63) is 77.2 Å². The molecule has 0 N–H and O–H groups in total. The van der Waals surface area contributed by atoms with Crippen LogP contribution in [-0.4, -0.2) is 52.3 Å². The van der Waals surface area contributed by atoms with E-state index in [-0.39, 0.29) is 23.3 Å². The summed E-state index contributed by atoms with van der Waals surface area (Å²) < 4.78 is 69.9. The first-order chi connectivity index (χ1) is 18.3. The summed E-state index contributed by atoms with van der Waals surface area (Å²) in [6, 6.07) is 10.6. The average Bonchev–Trinajstić information content (AvgIpc) is 3.35. The molecule has 2 atom stereocenters. The van der Waals surface area contributed by atoms with Gasteiger partial charge in [-0.3, -0.25) is 9.78 Å². The van der Waals surface area contributed by atoms with Gasteiger partial charge in [0.15, 0.2) is 0 Å². The molecular formula is C26H23F2N4O3P. The number of carbonyl (C=O) groups is 1.